The van der Waals surface area contributed by atoms with E-state index >= 15 is 0 Å². The maximum atomic E-state index is 12.4. The Morgan fingerprint density at radius 1 is 1.22 bits per heavy atom. The number of phenols is 1. The predicted molar refractivity (Wildman–Crippen MR) is 80.1 cm³/mol. The molecule has 1 aliphatic heterocycles. The smallest absolute Gasteiger partial charge is 0.337 e. The van der Waals surface area contributed by atoms with Gasteiger partial charge in [0.15, 0.2) is 6.10 Å². The first-order chi connectivity index (χ1) is 11.1. The van der Waals surface area contributed by atoms with Crippen LogP contribution in [0.4, 0.5) is 0 Å². The lowest BCUT2D eigenvalue weighted by Gasteiger charge is -2.24. The number of carbonyl (C=O) groups is 2. The number of esters is 1. The van der Waals surface area contributed by atoms with Crippen molar-refractivity contribution in [2.75, 3.05) is 13.7 Å². The highest BCUT2D eigenvalue weighted by molar-refractivity contribution is 6.03. The van der Waals surface area contributed by atoms with Crippen molar-refractivity contribution in [3.63, 3.8) is 0 Å². The van der Waals surface area contributed by atoms with Crippen LogP contribution < -0.4 is 9.47 Å². The summed E-state index contributed by atoms with van der Waals surface area (Å²) in [4.78, 5) is 23.8. The average molecular weight is 314 g/mol. The van der Waals surface area contributed by atoms with Crippen LogP contribution in [0.1, 0.15) is 20.7 Å². The molecule has 0 spiro atoms. The molecule has 1 heterocycles. The van der Waals surface area contributed by atoms with Gasteiger partial charge in [-0.05, 0) is 36.4 Å². The van der Waals surface area contributed by atoms with E-state index < -0.39 is 12.1 Å². The molecule has 6 nitrogen and oxygen atoms in total. The third kappa shape index (κ3) is 2.96. The quantitative estimate of drug-likeness (QED) is 0.875. The largest absolute Gasteiger partial charge is 0.508 e. The Labute approximate surface area is 132 Å². The van der Waals surface area contributed by atoms with Crippen LogP contribution in [0.25, 0.3) is 0 Å². The van der Waals surface area contributed by atoms with E-state index in [1.165, 1.54) is 25.3 Å². The summed E-state index contributed by atoms with van der Waals surface area (Å²) < 4.78 is 15.7. The molecule has 1 N–H and O–H groups in total. The standard InChI is InChI=1S/C17H14O6/c1-21-17(20)10-2-5-12(6-3-10)23-15-9-22-14-8-11(18)4-7-13(14)16(15)19/h2-8,15,18H,9H2,1H3. The second kappa shape index (κ2) is 6.00. The predicted octanol–water partition coefficient (Wildman–Crippen LogP) is 2.20. The van der Waals surface area contributed by atoms with Gasteiger partial charge in [-0.3, -0.25) is 4.79 Å². The Morgan fingerprint density at radius 2 is 1.96 bits per heavy atom. The number of benzene rings is 2. The van der Waals surface area contributed by atoms with Crippen molar-refractivity contribution in [3.05, 3.63) is 53.6 Å². The summed E-state index contributed by atoms with van der Waals surface area (Å²) in [5.41, 5.74) is 0.761. The second-order valence-corrected chi connectivity index (χ2v) is 4.98. The molecule has 1 unspecified atom stereocenters. The summed E-state index contributed by atoms with van der Waals surface area (Å²) >= 11 is 0. The molecule has 118 valence electrons. The van der Waals surface area contributed by atoms with Crippen LogP contribution in [-0.2, 0) is 4.74 Å². The third-order valence-corrected chi connectivity index (χ3v) is 3.47. The summed E-state index contributed by atoms with van der Waals surface area (Å²) in [6, 6.07) is 10.6. The highest BCUT2D eigenvalue weighted by Crippen LogP contribution is 2.30. The van der Waals surface area contributed by atoms with E-state index in [0.717, 1.165) is 0 Å². The Morgan fingerprint density at radius 3 is 2.65 bits per heavy atom. The van der Waals surface area contributed by atoms with Crippen LogP contribution >= 0.6 is 0 Å². The van der Waals surface area contributed by atoms with Gasteiger partial charge in [0.2, 0.25) is 5.78 Å². The Hall–Kier alpha value is -3.02. The van der Waals surface area contributed by atoms with Crippen LogP contribution in [-0.4, -0.2) is 36.7 Å². The zero-order chi connectivity index (χ0) is 16.4. The zero-order valence-electron chi connectivity index (χ0n) is 12.3. The number of hydrogen-bond donors (Lipinski definition) is 1. The number of fused-ring (bicyclic) bond motifs is 1. The normalized spacial score (nSPS) is 16.2. The van der Waals surface area contributed by atoms with Crippen LogP contribution in [0.2, 0.25) is 0 Å². The fourth-order valence-corrected chi connectivity index (χ4v) is 2.29. The molecule has 0 radical (unpaired) electrons. The van der Waals surface area contributed by atoms with Gasteiger partial charge in [-0.1, -0.05) is 0 Å². The molecule has 0 bridgehead atoms. The van der Waals surface area contributed by atoms with Gasteiger partial charge in [-0.2, -0.15) is 0 Å². The minimum absolute atomic E-state index is 0.0364. The molecule has 0 fully saturated rings. The van der Waals surface area contributed by atoms with E-state index in [1.54, 1.807) is 24.3 Å². The summed E-state index contributed by atoms with van der Waals surface area (Å²) in [6.07, 6.45) is -0.781. The summed E-state index contributed by atoms with van der Waals surface area (Å²) in [7, 11) is 1.31. The molecule has 1 aliphatic rings. The molecule has 2 aromatic rings. The summed E-state index contributed by atoms with van der Waals surface area (Å²) in [5.74, 6) is 0.165. The fraction of sp³-hybridized carbons (Fsp3) is 0.176. The van der Waals surface area contributed by atoms with Gasteiger partial charge in [0, 0.05) is 6.07 Å². The first-order valence-corrected chi connectivity index (χ1v) is 6.93. The maximum absolute atomic E-state index is 12.4. The first-order valence-electron chi connectivity index (χ1n) is 6.93. The number of carbonyl (C=O) groups excluding carboxylic acids is 2. The van der Waals surface area contributed by atoms with E-state index in [0.29, 0.717) is 22.6 Å². The van der Waals surface area contributed by atoms with Crippen LogP contribution in [0.3, 0.4) is 0 Å². The molecule has 0 aliphatic carbocycles. The molecular formula is C17H14O6. The summed E-state index contributed by atoms with van der Waals surface area (Å²) in [6.45, 7) is 0.0496. The molecule has 0 saturated heterocycles. The average Bonchev–Trinajstić information content (AvgIpc) is 2.57. The molecule has 1 atom stereocenters. The van der Waals surface area contributed by atoms with Gasteiger partial charge < -0.3 is 19.3 Å². The first kappa shape index (κ1) is 14.9. The van der Waals surface area contributed by atoms with E-state index in [2.05, 4.69) is 4.74 Å². The molecule has 0 saturated carbocycles. The Balaban J connectivity index is 1.75. The molecule has 0 amide bonds. The molecule has 3 rings (SSSR count). The number of aromatic hydroxyl groups is 1. The van der Waals surface area contributed by atoms with Crippen LogP contribution in [0.5, 0.6) is 17.2 Å². The topological polar surface area (TPSA) is 82.1 Å². The SMILES string of the molecule is COC(=O)c1ccc(OC2COc3cc(O)ccc3C2=O)cc1. The lowest BCUT2D eigenvalue weighted by molar-refractivity contribution is 0.0595. The van der Waals surface area contributed by atoms with Crippen molar-refractivity contribution in [1.82, 2.24) is 0 Å². The molecule has 2 aromatic carbocycles. The molecule has 6 heteroatoms. The van der Waals surface area contributed by atoms with Gasteiger partial charge in [-0.15, -0.1) is 0 Å². The van der Waals surface area contributed by atoms with Crippen molar-refractivity contribution in [2.45, 2.75) is 6.10 Å². The van der Waals surface area contributed by atoms with Gasteiger partial charge in [-0.25, -0.2) is 4.79 Å². The molecular weight excluding hydrogens is 300 g/mol. The number of rotatable bonds is 3. The van der Waals surface area contributed by atoms with Gasteiger partial charge >= 0.3 is 5.97 Å². The highest BCUT2D eigenvalue weighted by Gasteiger charge is 2.30. The van der Waals surface area contributed by atoms with Crippen LogP contribution in [0, 0.1) is 0 Å². The van der Waals surface area contributed by atoms with Crippen molar-refractivity contribution < 1.29 is 28.9 Å². The van der Waals surface area contributed by atoms with E-state index in [-0.39, 0.29) is 18.1 Å². The highest BCUT2D eigenvalue weighted by atomic mass is 16.5. The Bertz CT molecular complexity index is 750. The molecule has 0 aromatic heterocycles. The van der Waals surface area contributed by atoms with Crippen molar-refractivity contribution in [1.29, 1.82) is 0 Å². The minimum atomic E-state index is -0.781. The van der Waals surface area contributed by atoms with E-state index in [1.807, 2.05) is 0 Å². The number of hydrogen-bond acceptors (Lipinski definition) is 6. The zero-order valence-corrected chi connectivity index (χ0v) is 12.3. The van der Waals surface area contributed by atoms with E-state index in [9.17, 15) is 14.7 Å². The lowest BCUT2D eigenvalue weighted by atomic mass is 10.0. The van der Waals surface area contributed by atoms with Crippen LogP contribution in [0.15, 0.2) is 42.5 Å². The number of Topliss-reactive ketones (excluding diaryl/α,β-unsaturated/α-hetero) is 1. The maximum Gasteiger partial charge on any atom is 0.337 e. The number of phenolic OH excluding ortho intramolecular Hbond substituents is 1. The Kier molecular flexibility index (Phi) is 3.89. The molecule has 23 heavy (non-hydrogen) atoms. The third-order valence-electron chi connectivity index (χ3n) is 3.47. The second-order valence-electron chi connectivity index (χ2n) is 4.98. The van der Waals surface area contributed by atoms with Gasteiger partial charge in [0.25, 0.3) is 0 Å². The number of ketones is 1. The monoisotopic (exact) mass is 314 g/mol. The lowest BCUT2D eigenvalue weighted by Crippen LogP contribution is -2.37. The fourth-order valence-electron chi connectivity index (χ4n) is 2.29. The number of ether oxygens (including phenoxy) is 3. The number of methoxy groups -OCH3 is 1. The summed E-state index contributed by atoms with van der Waals surface area (Å²) in [5, 5.41) is 9.41. The van der Waals surface area contributed by atoms with Crippen molar-refractivity contribution >= 4 is 11.8 Å². The van der Waals surface area contributed by atoms with Crippen molar-refractivity contribution in [3.8, 4) is 17.2 Å². The van der Waals surface area contributed by atoms with E-state index in [4.69, 9.17) is 9.47 Å². The minimum Gasteiger partial charge on any atom is -0.508 e. The van der Waals surface area contributed by atoms with Crippen molar-refractivity contribution in [2.24, 2.45) is 0 Å². The van der Waals surface area contributed by atoms with Gasteiger partial charge in [0.1, 0.15) is 23.9 Å². The van der Waals surface area contributed by atoms with Gasteiger partial charge in [0.05, 0.1) is 18.2 Å².